The van der Waals surface area contributed by atoms with E-state index in [0.29, 0.717) is 0 Å². The van der Waals surface area contributed by atoms with Crippen molar-refractivity contribution in [1.29, 1.82) is 0 Å². The van der Waals surface area contributed by atoms with Crippen molar-refractivity contribution >= 4 is 15.9 Å². The minimum Gasteiger partial charge on any atom is -0.383 e. The lowest BCUT2D eigenvalue weighted by Gasteiger charge is -2.30. The van der Waals surface area contributed by atoms with Gasteiger partial charge in [-0.3, -0.25) is 4.90 Å². The highest BCUT2D eigenvalue weighted by Crippen LogP contribution is 2.10. The number of alkyl halides is 1. The molecule has 3 heteroatoms. The maximum absolute atomic E-state index is 5.19. The number of hydrogen-bond acceptors (Lipinski definition) is 2. The molecule has 0 spiro atoms. The van der Waals surface area contributed by atoms with Crippen molar-refractivity contribution in [2.45, 2.75) is 52.0 Å². The van der Waals surface area contributed by atoms with Crippen molar-refractivity contribution in [2.24, 2.45) is 0 Å². The molecule has 0 saturated heterocycles. The lowest BCUT2D eigenvalue weighted by atomic mass is 10.1. The predicted molar refractivity (Wildman–Crippen MR) is 75.5 cm³/mol. The number of methoxy groups -OCH3 is 1. The Kier molecular flexibility index (Phi) is 12.2. The number of halogens is 1. The van der Waals surface area contributed by atoms with Gasteiger partial charge in [0.1, 0.15) is 0 Å². The Labute approximate surface area is 110 Å². The van der Waals surface area contributed by atoms with Gasteiger partial charge in [0, 0.05) is 25.0 Å². The molecular formula is C13H28BrNO. The predicted octanol–water partition coefficient (Wildman–Crippen LogP) is 3.69. The average molecular weight is 294 g/mol. The summed E-state index contributed by atoms with van der Waals surface area (Å²) in [5.74, 6) is 0. The summed E-state index contributed by atoms with van der Waals surface area (Å²) in [6.07, 6.45) is 6.43. The molecule has 0 N–H and O–H groups in total. The molecule has 0 aliphatic rings. The molecule has 16 heavy (non-hydrogen) atoms. The summed E-state index contributed by atoms with van der Waals surface area (Å²) < 4.78 is 5.19. The van der Waals surface area contributed by atoms with E-state index < -0.39 is 0 Å². The van der Waals surface area contributed by atoms with Crippen molar-refractivity contribution in [3.8, 4) is 0 Å². The highest BCUT2D eigenvalue weighted by Gasteiger charge is 2.13. The molecular weight excluding hydrogens is 266 g/mol. The highest BCUT2D eigenvalue weighted by molar-refractivity contribution is 9.09. The van der Waals surface area contributed by atoms with Crippen LogP contribution < -0.4 is 0 Å². The lowest BCUT2D eigenvalue weighted by Crippen LogP contribution is -2.37. The smallest absolute Gasteiger partial charge is 0.0589 e. The first-order valence-corrected chi connectivity index (χ1v) is 7.71. The van der Waals surface area contributed by atoms with E-state index in [1.54, 1.807) is 7.11 Å². The van der Waals surface area contributed by atoms with Gasteiger partial charge in [0.25, 0.3) is 0 Å². The molecule has 98 valence electrons. The van der Waals surface area contributed by atoms with E-state index in [-0.39, 0.29) is 0 Å². The minimum absolute atomic E-state index is 0.735. The fourth-order valence-electron chi connectivity index (χ4n) is 2.08. The fourth-order valence-corrected chi connectivity index (χ4v) is 2.47. The normalized spacial score (nSPS) is 11.6. The molecule has 0 bridgehead atoms. The van der Waals surface area contributed by atoms with Gasteiger partial charge >= 0.3 is 0 Å². The van der Waals surface area contributed by atoms with E-state index in [1.165, 1.54) is 38.6 Å². The van der Waals surface area contributed by atoms with Gasteiger partial charge in [-0.15, -0.1) is 0 Å². The molecule has 0 radical (unpaired) electrons. The molecule has 0 heterocycles. The Morgan fingerprint density at radius 2 is 1.75 bits per heavy atom. The van der Waals surface area contributed by atoms with Gasteiger partial charge in [-0.25, -0.2) is 0 Å². The van der Waals surface area contributed by atoms with E-state index >= 15 is 0 Å². The molecule has 0 rings (SSSR count). The van der Waals surface area contributed by atoms with Crippen LogP contribution in [0.1, 0.15) is 46.0 Å². The van der Waals surface area contributed by atoms with E-state index in [1.807, 2.05) is 0 Å². The van der Waals surface area contributed by atoms with E-state index in [4.69, 9.17) is 4.74 Å². The topological polar surface area (TPSA) is 12.5 Å². The third-order valence-electron chi connectivity index (χ3n) is 3.12. The SMILES string of the molecule is CCC(CC)N(CCCCCBr)CCOC. The quantitative estimate of drug-likeness (QED) is 0.426. The van der Waals surface area contributed by atoms with Crippen LogP contribution in [0.2, 0.25) is 0 Å². The molecule has 0 saturated carbocycles. The first kappa shape index (κ1) is 16.4. The molecule has 0 fully saturated rings. The van der Waals surface area contributed by atoms with Gasteiger partial charge in [0.05, 0.1) is 6.61 Å². The number of nitrogens with zero attached hydrogens (tertiary/aromatic N) is 1. The first-order valence-electron chi connectivity index (χ1n) is 6.59. The summed E-state index contributed by atoms with van der Waals surface area (Å²) in [5.41, 5.74) is 0. The summed E-state index contributed by atoms with van der Waals surface area (Å²) >= 11 is 3.48. The second-order valence-corrected chi connectivity index (χ2v) is 5.04. The van der Waals surface area contributed by atoms with E-state index in [0.717, 1.165) is 24.5 Å². The van der Waals surface area contributed by atoms with Crippen LogP contribution in [0.3, 0.4) is 0 Å². The summed E-state index contributed by atoms with van der Waals surface area (Å²) in [6.45, 7) is 7.73. The third kappa shape index (κ3) is 7.64. The van der Waals surface area contributed by atoms with Crippen molar-refractivity contribution in [3.05, 3.63) is 0 Å². The zero-order chi connectivity index (χ0) is 12.2. The zero-order valence-corrected chi connectivity index (χ0v) is 12.8. The molecule has 0 amide bonds. The Morgan fingerprint density at radius 1 is 1.06 bits per heavy atom. The largest absolute Gasteiger partial charge is 0.383 e. The van der Waals surface area contributed by atoms with Gasteiger partial charge in [-0.2, -0.15) is 0 Å². The van der Waals surface area contributed by atoms with Crippen LogP contribution in [0.5, 0.6) is 0 Å². The molecule has 0 atom stereocenters. The van der Waals surface area contributed by atoms with Crippen LogP contribution in [0, 0.1) is 0 Å². The monoisotopic (exact) mass is 293 g/mol. The number of rotatable bonds is 11. The molecule has 0 aromatic rings. The van der Waals surface area contributed by atoms with E-state index in [2.05, 4.69) is 34.7 Å². The van der Waals surface area contributed by atoms with E-state index in [9.17, 15) is 0 Å². The Hall–Kier alpha value is 0.400. The van der Waals surface area contributed by atoms with Gasteiger partial charge in [-0.05, 0) is 32.2 Å². The van der Waals surface area contributed by atoms with Crippen molar-refractivity contribution < 1.29 is 4.74 Å². The molecule has 0 unspecified atom stereocenters. The van der Waals surface area contributed by atoms with Crippen LogP contribution in [-0.4, -0.2) is 43.1 Å². The molecule has 0 aromatic carbocycles. The summed E-state index contributed by atoms with van der Waals surface area (Å²) in [7, 11) is 1.79. The second-order valence-electron chi connectivity index (χ2n) is 4.25. The molecule has 2 nitrogen and oxygen atoms in total. The Balaban J connectivity index is 3.88. The van der Waals surface area contributed by atoms with Crippen LogP contribution in [0.15, 0.2) is 0 Å². The summed E-state index contributed by atoms with van der Waals surface area (Å²) in [6, 6.07) is 0.735. The minimum atomic E-state index is 0.735. The number of ether oxygens (including phenoxy) is 1. The van der Waals surface area contributed by atoms with Gasteiger partial charge < -0.3 is 4.74 Å². The van der Waals surface area contributed by atoms with Crippen molar-refractivity contribution in [1.82, 2.24) is 4.90 Å². The fraction of sp³-hybridized carbons (Fsp3) is 1.00. The number of hydrogen-bond donors (Lipinski definition) is 0. The first-order chi connectivity index (χ1) is 7.79. The van der Waals surface area contributed by atoms with Crippen LogP contribution in [0.25, 0.3) is 0 Å². The number of unbranched alkanes of at least 4 members (excludes halogenated alkanes) is 2. The van der Waals surface area contributed by atoms with Crippen LogP contribution in [0.4, 0.5) is 0 Å². The molecule has 0 aliphatic heterocycles. The third-order valence-corrected chi connectivity index (χ3v) is 3.68. The molecule has 0 aromatic heterocycles. The summed E-state index contributed by atoms with van der Waals surface area (Å²) in [5, 5.41) is 1.13. The lowest BCUT2D eigenvalue weighted by molar-refractivity contribution is 0.114. The van der Waals surface area contributed by atoms with Crippen molar-refractivity contribution in [3.63, 3.8) is 0 Å². The van der Waals surface area contributed by atoms with Crippen molar-refractivity contribution in [2.75, 3.05) is 32.1 Å². The Morgan fingerprint density at radius 3 is 2.25 bits per heavy atom. The zero-order valence-electron chi connectivity index (χ0n) is 11.2. The summed E-state index contributed by atoms with van der Waals surface area (Å²) in [4.78, 5) is 2.59. The Bertz CT molecular complexity index is 140. The standard InChI is InChI=1S/C13H28BrNO/c1-4-13(5-2)15(11-12-16-3)10-8-6-7-9-14/h13H,4-12H2,1-3H3. The van der Waals surface area contributed by atoms with Crippen LogP contribution in [-0.2, 0) is 4.74 Å². The maximum Gasteiger partial charge on any atom is 0.0589 e. The van der Waals surface area contributed by atoms with Gasteiger partial charge in [0.15, 0.2) is 0 Å². The maximum atomic E-state index is 5.19. The second kappa shape index (κ2) is 11.9. The van der Waals surface area contributed by atoms with Crippen LogP contribution >= 0.6 is 15.9 Å². The van der Waals surface area contributed by atoms with Gasteiger partial charge in [-0.1, -0.05) is 36.2 Å². The van der Waals surface area contributed by atoms with Gasteiger partial charge in [0.2, 0.25) is 0 Å². The molecule has 0 aliphatic carbocycles. The average Bonchev–Trinajstić information content (AvgIpc) is 2.31. The highest BCUT2D eigenvalue weighted by atomic mass is 79.9.